The van der Waals surface area contributed by atoms with Crippen molar-refractivity contribution < 1.29 is 35.1 Å². The van der Waals surface area contributed by atoms with Gasteiger partial charge in [0, 0.05) is 0 Å². The summed E-state index contributed by atoms with van der Waals surface area (Å²) in [5.41, 5.74) is 0. The zero-order chi connectivity index (χ0) is 21.6. The molecule has 0 saturated carbocycles. The molecule has 166 valence electrons. The Morgan fingerprint density at radius 1 is 1.00 bits per heavy atom. The average Bonchev–Trinajstić information content (AvgIpc) is 3.01. The minimum atomic E-state index is -6.23. The molecular formula is C18H32F4N2O3S. The van der Waals surface area contributed by atoms with E-state index in [1.807, 2.05) is 0 Å². The third-order valence-corrected chi connectivity index (χ3v) is 5.03. The third kappa shape index (κ3) is 11.6. The van der Waals surface area contributed by atoms with Crippen molar-refractivity contribution in [1.82, 2.24) is 4.57 Å². The van der Waals surface area contributed by atoms with Crippen LogP contribution in [0, 0.1) is 0 Å². The Labute approximate surface area is 165 Å². The van der Waals surface area contributed by atoms with Crippen molar-refractivity contribution in [2.75, 3.05) is 0 Å². The van der Waals surface area contributed by atoms with Crippen LogP contribution in [0.1, 0.15) is 71.1 Å². The number of halogens is 4. The molecule has 0 amide bonds. The summed E-state index contributed by atoms with van der Waals surface area (Å²) >= 11 is 0. The van der Waals surface area contributed by atoms with Crippen LogP contribution in [-0.2, 0) is 23.7 Å². The number of imidazole rings is 1. The van der Waals surface area contributed by atoms with Crippen molar-refractivity contribution in [1.29, 1.82) is 0 Å². The highest BCUT2D eigenvalue weighted by molar-refractivity contribution is 7.86. The van der Waals surface area contributed by atoms with Crippen LogP contribution in [0.5, 0.6) is 0 Å². The summed E-state index contributed by atoms with van der Waals surface area (Å²) < 4.78 is 77.1. The van der Waals surface area contributed by atoms with E-state index < -0.39 is 21.8 Å². The lowest BCUT2D eigenvalue weighted by molar-refractivity contribution is -0.671. The Morgan fingerprint density at radius 3 is 1.79 bits per heavy atom. The molecule has 10 heteroatoms. The average molecular weight is 433 g/mol. The van der Waals surface area contributed by atoms with E-state index in [9.17, 15) is 30.5 Å². The van der Waals surface area contributed by atoms with Gasteiger partial charge in [0.1, 0.15) is 12.4 Å². The number of aromatic nitrogens is 2. The standard InChI is InChI=1S/C16H31N2.C2H2F4O3S/c1-3-4-5-6-7-8-9-10-11-12-13-18-15-14-17(2)16-18;3-1(4)2(5,6)10(7,8)9/h14-16H,3-13H2,1-2H3;1H,(H,7,8,9)/q+1;/p-1. The van der Waals surface area contributed by atoms with Gasteiger partial charge in [0.25, 0.3) is 0 Å². The first-order valence-corrected chi connectivity index (χ1v) is 11.1. The molecule has 0 aliphatic heterocycles. The SMILES string of the molecule is CCCCCCCCCCCCn1cc[n+](C)c1.O=S(=O)([O-])C(F)(F)C(F)F. The maximum atomic E-state index is 11.4. The molecule has 0 unspecified atom stereocenters. The van der Waals surface area contributed by atoms with E-state index in [2.05, 4.69) is 41.8 Å². The van der Waals surface area contributed by atoms with Crippen molar-refractivity contribution in [2.24, 2.45) is 7.05 Å². The second kappa shape index (κ2) is 13.9. The highest BCUT2D eigenvalue weighted by Crippen LogP contribution is 2.27. The highest BCUT2D eigenvalue weighted by atomic mass is 32.2. The van der Waals surface area contributed by atoms with E-state index in [0.29, 0.717) is 0 Å². The third-order valence-electron chi connectivity index (χ3n) is 4.18. The smallest absolute Gasteiger partial charge is 0.393 e. The minimum absolute atomic E-state index is 1.18. The van der Waals surface area contributed by atoms with Gasteiger partial charge in [0.05, 0.1) is 13.6 Å². The van der Waals surface area contributed by atoms with Crippen LogP contribution in [0.25, 0.3) is 0 Å². The predicted molar refractivity (Wildman–Crippen MR) is 98.1 cm³/mol. The molecule has 0 spiro atoms. The Morgan fingerprint density at radius 2 is 1.46 bits per heavy atom. The van der Waals surface area contributed by atoms with Crippen LogP contribution in [0.4, 0.5) is 17.6 Å². The zero-order valence-electron chi connectivity index (χ0n) is 16.6. The first kappa shape index (κ1) is 26.8. The molecule has 0 saturated heterocycles. The Bertz CT molecular complexity index is 622. The fraction of sp³-hybridized carbons (Fsp3) is 0.833. The van der Waals surface area contributed by atoms with Crippen LogP contribution in [0.15, 0.2) is 18.7 Å². The quantitative estimate of drug-likeness (QED) is 0.198. The molecule has 0 aliphatic rings. The van der Waals surface area contributed by atoms with Crippen LogP contribution >= 0.6 is 0 Å². The summed E-state index contributed by atoms with van der Waals surface area (Å²) in [5.74, 6) is 0. The number of unbranched alkanes of at least 4 members (excludes halogenated alkanes) is 9. The Kier molecular flexibility index (Phi) is 13.3. The summed E-state index contributed by atoms with van der Waals surface area (Å²) in [6.07, 6.45) is 16.1. The van der Waals surface area contributed by atoms with E-state index in [-0.39, 0.29) is 0 Å². The van der Waals surface area contributed by atoms with Gasteiger partial charge in [-0.3, -0.25) is 0 Å². The van der Waals surface area contributed by atoms with E-state index in [4.69, 9.17) is 0 Å². The molecular weight excluding hydrogens is 400 g/mol. The maximum absolute atomic E-state index is 11.4. The second-order valence-electron chi connectivity index (χ2n) is 6.82. The number of nitrogens with zero attached hydrogens (tertiary/aromatic N) is 2. The first-order chi connectivity index (χ1) is 13.0. The largest absolute Gasteiger partial charge is 0.743 e. The zero-order valence-corrected chi connectivity index (χ0v) is 17.4. The molecule has 0 N–H and O–H groups in total. The van der Waals surface area contributed by atoms with Gasteiger partial charge in [-0.1, -0.05) is 58.3 Å². The lowest BCUT2D eigenvalue weighted by Crippen LogP contribution is -2.36. The summed E-state index contributed by atoms with van der Waals surface area (Å²) in [5, 5.41) is -5.48. The van der Waals surface area contributed by atoms with Crippen molar-refractivity contribution in [3.8, 4) is 0 Å². The Hall–Kier alpha value is -1.16. The highest BCUT2D eigenvalue weighted by Gasteiger charge is 2.48. The molecule has 1 aromatic rings. The van der Waals surface area contributed by atoms with Crippen LogP contribution in [-0.4, -0.2) is 29.2 Å². The summed E-state index contributed by atoms with van der Waals surface area (Å²) in [4.78, 5) is 0. The number of hydrogen-bond donors (Lipinski definition) is 0. The number of alkyl halides is 4. The molecule has 5 nitrogen and oxygen atoms in total. The summed E-state index contributed by atoms with van der Waals surface area (Å²) in [6, 6.07) is 0. The van der Waals surface area contributed by atoms with Crippen LogP contribution in [0.3, 0.4) is 0 Å². The van der Waals surface area contributed by atoms with E-state index >= 15 is 0 Å². The van der Waals surface area contributed by atoms with Crippen molar-refractivity contribution in [3.05, 3.63) is 18.7 Å². The van der Waals surface area contributed by atoms with Gasteiger partial charge < -0.3 is 4.55 Å². The monoisotopic (exact) mass is 432 g/mol. The van der Waals surface area contributed by atoms with Crippen molar-refractivity contribution in [3.63, 3.8) is 0 Å². The van der Waals surface area contributed by atoms with Gasteiger partial charge in [0.2, 0.25) is 6.33 Å². The second-order valence-corrected chi connectivity index (χ2v) is 8.27. The van der Waals surface area contributed by atoms with Gasteiger partial charge in [-0.25, -0.2) is 26.3 Å². The molecule has 0 radical (unpaired) electrons. The molecule has 0 bridgehead atoms. The molecule has 0 atom stereocenters. The summed E-state index contributed by atoms with van der Waals surface area (Å²) in [7, 11) is -4.16. The first-order valence-electron chi connectivity index (χ1n) is 9.64. The fourth-order valence-electron chi connectivity index (χ4n) is 2.52. The van der Waals surface area contributed by atoms with Gasteiger partial charge in [0.15, 0.2) is 10.1 Å². The van der Waals surface area contributed by atoms with Gasteiger partial charge in [-0.2, -0.15) is 8.78 Å². The lowest BCUT2D eigenvalue weighted by atomic mass is 10.1. The molecule has 1 aromatic heterocycles. The molecule has 28 heavy (non-hydrogen) atoms. The van der Waals surface area contributed by atoms with Gasteiger partial charge in [-0.05, 0) is 12.8 Å². The topological polar surface area (TPSA) is 66.0 Å². The molecule has 1 rings (SSSR count). The van der Waals surface area contributed by atoms with Crippen LogP contribution in [0.2, 0.25) is 0 Å². The number of aryl methyl sites for hydroxylation is 2. The molecule has 0 aromatic carbocycles. The molecule has 0 fully saturated rings. The normalized spacial score (nSPS) is 12.1. The lowest BCUT2D eigenvalue weighted by Gasteiger charge is -2.17. The predicted octanol–water partition coefficient (Wildman–Crippen LogP) is 4.62. The summed E-state index contributed by atoms with van der Waals surface area (Å²) in [6.45, 7) is 3.46. The van der Waals surface area contributed by atoms with E-state index in [0.717, 1.165) is 0 Å². The van der Waals surface area contributed by atoms with E-state index in [1.54, 1.807) is 0 Å². The Balaban J connectivity index is 0.000000621. The molecule has 1 heterocycles. The molecule has 0 aliphatic carbocycles. The fourth-order valence-corrected chi connectivity index (χ4v) is 2.74. The number of hydrogen-bond acceptors (Lipinski definition) is 3. The van der Waals surface area contributed by atoms with Gasteiger partial charge >= 0.3 is 11.7 Å². The van der Waals surface area contributed by atoms with Crippen LogP contribution < -0.4 is 4.57 Å². The van der Waals surface area contributed by atoms with Gasteiger partial charge in [-0.15, -0.1) is 0 Å². The minimum Gasteiger partial charge on any atom is -0.743 e. The number of rotatable bonds is 13. The van der Waals surface area contributed by atoms with Crippen molar-refractivity contribution in [2.45, 2.75) is 89.4 Å². The maximum Gasteiger partial charge on any atom is 0.393 e. The van der Waals surface area contributed by atoms with Crippen molar-refractivity contribution >= 4 is 10.1 Å². The van der Waals surface area contributed by atoms with E-state index in [1.165, 1.54) is 70.8 Å².